The lowest BCUT2D eigenvalue weighted by molar-refractivity contribution is -0.144. The average molecular weight is 515 g/mol. The number of para-hydroxylation sites is 1. The van der Waals surface area contributed by atoms with E-state index in [2.05, 4.69) is 15.6 Å². The quantitative estimate of drug-likeness (QED) is 0.427. The minimum absolute atomic E-state index is 0.243. The van der Waals surface area contributed by atoms with Gasteiger partial charge in [-0.3, -0.25) is 9.59 Å². The molecule has 0 radical (unpaired) electrons. The van der Waals surface area contributed by atoms with E-state index in [1.807, 2.05) is 30.5 Å². The summed E-state index contributed by atoms with van der Waals surface area (Å²) in [6.07, 6.45) is 2.26. The number of aromatic amines is 1. The topological polar surface area (TPSA) is 141 Å². The monoisotopic (exact) mass is 514 g/mol. The fourth-order valence-electron chi connectivity index (χ4n) is 4.54. The van der Waals surface area contributed by atoms with E-state index in [0.717, 1.165) is 16.5 Å². The van der Waals surface area contributed by atoms with Gasteiger partial charge in [-0.05, 0) is 51.2 Å². The lowest BCUT2D eigenvalue weighted by Gasteiger charge is -2.34. The van der Waals surface area contributed by atoms with Crippen LogP contribution in [0, 0.1) is 11.8 Å². The van der Waals surface area contributed by atoms with Gasteiger partial charge in [0.15, 0.2) is 0 Å². The number of alkyl carbamates (subject to hydrolysis) is 1. The Kier molecular flexibility index (Phi) is 8.83. The highest BCUT2D eigenvalue weighted by Crippen LogP contribution is 2.23. The number of hydrogen-bond donors (Lipinski definition) is 4. The van der Waals surface area contributed by atoms with Gasteiger partial charge in [0.2, 0.25) is 11.8 Å². The van der Waals surface area contributed by atoms with Crippen molar-refractivity contribution in [3.05, 3.63) is 36.0 Å². The number of piperidine rings is 1. The van der Waals surface area contributed by atoms with Crippen LogP contribution in [0.15, 0.2) is 30.5 Å². The molecule has 4 N–H and O–H groups in total. The molecule has 1 aromatic heterocycles. The smallest absolute Gasteiger partial charge is 0.408 e. The molecule has 1 saturated heterocycles. The summed E-state index contributed by atoms with van der Waals surface area (Å²) in [5.74, 6) is -2.25. The van der Waals surface area contributed by atoms with Crippen LogP contribution in [0.3, 0.4) is 0 Å². The molecule has 1 aromatic carbocycles. The van der Waals surface area contributed by atoms with Gasteiger partial charge in [-0.25, -0.2) is 9.59 Å². The van der Waals surface area contributed by atoms with Crippen molar-refractivity contribution in [3.8, 4) is 0 Å². The number of H-pyrrole nitrogens is 1. The van der Waals surface area contributed by atoms with Crippen molar-refractivity contribution in [2.75, 3.05) is 13.1 Å². The molecule has 1 aliphatic rings. The Labute approximate surface area is 217 Å². The molecule has 202 valence electrons. The van der Waals surface area contributed by atoms with E-state index in [4.69, 9.17) is 4.74 Å². The lowest BCUT2D eigenvalue weighted by Crippen LogP contribution is -2.54. The molecule has 2 aromatic rings. The third-order valence-corrected chi connectivity index (χ3v) is 6.50. The van der Waals surface area contributed by atoms with Crippen molar-refractivity contribution < 1.29 is 29.0 Å². The Bertz CT molecular complexity index is 1130. The molecular formula is C27H38N4O6. The highest BCUT2D eigenvalue weighted by Gasteiger charge is 2.34. The number of carboxylic acid groups (broad SMARTS) is 1. The van der Waals surface area contributed by atoms with E-state index in [1.54, 1.807) is 39.5 Å². The van der Waals surface area contributed by atoms with E-state index in [-0.39, 0.29) is 30.1 Å². The number of fused-ring (bicyclic) bond motifs is 1. The average Bonchev–Trinajstić information content (AvgIpc) is 3.23. The number of aromatic nitrogens is 1. The predicted molar refractivity (Wildman–Crippen MR) is 139 cm³/mol. The summed E-state index contributed by atoms with van der Waals surface area (Å²) in [4.78, 5) is 55.1. The first-order valence-corrected chi connectivity index (χ1v) is 12.7. The number of rotatable bonds is 8. The van der Waals surface area contributed by atoms with Crippen LogP contribution < -0.4 is 10.6 Å². The van der Waals surface area contributed by atoms with Crippen molar-refractivity contribution in [1.29, 1.82) is 0 Å². The number of likely N-dealkylation sites (tertiary alicyclic amines) is 1. The number of ether oxygens (including phenoxy) is 1. The van der Waals surface area contributed by atoms with Gasteiger partial charge in [-0.2, -0.15) is 0 Å². The largest absolute Gasteiger partial charge is 0.480 e. The van der Waals surface area contributed by atoms with E-state index in [9.17, 15) is 24.3 Å². The summed E-state index contributed by atoms with van der Waals surface area (Å²) in [5.41, 5.74) is 1.12. The maximum Gasteiger partial charge on any atom is 0.408 e. The number of carbonyl (C=O) groups is 4. The molecule has 0 saturated carbocycles. The molecule has 0 spiro atoms. The molecule has 0 aliphatic carbocycles. The molecule has 3 amide bonds. The third-order valence-electron chi connectivity index (χ3n) is 6.50. The first kappa shape index (κ1) is 28.0. The Balaban J connectivity index is 1.69. The van der Waals surface area contributed by atoms with Crippen LogP contribution in [0.4, 0.5) is 4.79 Å². The van der Waals surface area contributed by atoms with Gasteiger partial charge in [-0.1, -0.05) is 32.0 Å². The number of aliphatic carboxylic acids is 1. The van der Waals surface area contributed by atoms with Crippen molar-refractivity contribution in [2.45, 2.75) is 71.6 Å². The summed E-state index contributed by atoms with van der Waals surface area (Å²) in [6.45, 7) is 9.42. The Morgan fingerprint density at radius 1 is 1.11 bits per heavy atom. The van der Waals surface area contributed by atoms with E-state index < -0.39 is 29.7 Å². The zero-order valence-corrected chi connectivity index (χ0v) is 22.2. The van der Waals surface area contributed by atoms with Gasteiger partial charge in [0.25, 0.3) is 0 Å². The summed E-state index contributed by atoms with van der Waals surface area (Å²) >= 11 is 0. The molecule has 2 atom stereocenters. The number of carboxylic acids is 1. The Morgan fingerprint density at radius 2 is 1.76 bits per heavy atom. The molecule has 0 bridgehead atoms. The van der Waals surface area contributed by atoms with Crippen LogP contribution in [-0.4, -0.2) is 69.6 Å². The second kappa shape index (κ2) is 11.7. The molecule has 10 heteroatoms. The highest BCUT2D eigenvalue weighted by molar-refractivity contribution is 5.89. The maximum absolute atomic E-state index is 13.6. The minimum Gasteiger partial charge on any atom is -0.480 e. The van der Waals surface area contributed by atoms with Gasteiger partial charge >= 0.3 is 12.1 Å². The predicted octanol–water partition coefficient (Wildman–Crippen LogP) is 3.07. The SMILES string of the molecule is CC(C)C(NC(=O)C1CCN(C(=O)C(Cc2c[nH]c3ccccc23)NC(=O)OC(C)(C)C)CC1)C(=O)O. The number of nitrogens with zero attached hydrogens (tertiary/aromatic N) is 1. The van der Waals surface area contributed by atoms with Crippen LogP contribution in [0.25, 0.3) is 10.9 Å². The molecule has 1 fully saturated rings. The second-order valence-corrected chi connectivity index (χ2v) is 10.9. The molecule has 3 rings (SSSR count). The maximum atomic E-state index is 13.6. The number of benzene rings is 1. The van der Waals surface area contributed by atoms with Crippen molar-refractivity contribution in [2.24, 2.45) is 11.8 Å². The highest BCUT2D eigenvalue weighted by atomic mass is 16.6. The summed E-state index contributed by atoms with van der Waals surface area (Å²) in [5, 5.41) is 15.7. The zero-order valence-electron chi connectivity index (χ0n) is 22.2. The number of hydrogen-bond acceptors (Lipinski definition) is 5. The fourth-order valence-corrected chi connectivity index (χ4v) is 4.54. The molecule has 1 aliphatic heterocycles. The lowest BCUT2D eigenvalue weighted by atomic mass is 9.93. The molecule has 2 heterocycles. The summed E-state index contributed by atoms with van der Waals surface area (Å²) in [7, 11) is 0. The zero-order chi connectivity index (χ0) is 27.3. The van der Waals surface area contributed by atoms with Crippen LogP contribution >= 0.6 is 0 Å². The van der Waals surface area contributed by atoms with Gasteiger partial charge in [0.1, 0.15) is 17.7 Å². The standard InChI is InChI=1S/C27H38N4O6/c1-16(2)22(25(34)35)30-23(32)17-10-12-31(13-11-17)24(33)21(29-26(36)37-27(3,4)5)14-18-15-28-20-9-7-6-8-19(18)20/h6-9,15-17,21-22,28H,10-14H2,1-5H3,(H,29,36)(H,30,32)(H,34,35). The van der Waals surface area contributed by atoms with Gasteiger partial charge in [0, 0.05) is 42.5 Å². The van der Waals surface area contributed by atoms with Gasteiger partial charge in [-0.15, -0.1) is 0 Å². The fraction of sp³-hybridized carbons (Fsp3) is 0.556. The normalized spacial score (nSPS) is 16.3. The molecule has 10 nitrogen and oxygen atoms in total. The summed E-state index contributed by atoms with van der Waals surface area (Å²) < 4.78 is 5.41. The molecule has 2 unspecified atom stereocenters. The first-order valence-electron chi connectivity index (χ1n) is 12.7. The van der Waals surface area contributed by atoms with Crippen LogP contribution in [0.2, 0.25) is 0 Å². The number of amides is 3. The first-order chi connectivity index (χ1) is 17.4. The number of carbonyl (C=O) groups excluding carboxylic acids is 3. The Morgan fingerprint density at radius 3 is 2.35 bits per heavy atom. The van der Waals surface area contributed by atoms with Gasteiger partial charge in [0.05, 0.1) is 0 Å². The van der Waals surface area contributed by atoms with Crippen molar-refractivity contribution >= 4 is 34.8 Å². The van der Waals surface area contributed by atoms with Crippen LogP contribution in [0.5, 0.6) is 0 Å². The minimum atomic E-state index is -1.07. The molecular weight excluding hydrogens is 476 g/mol. The summed E-state index contributed by atoms with van der Waals surface area (Å²) in [6, 6.07) is 5.94. The van der Waals surface area contributed by atoms with E-state index >= 15 is 0 Å². The second-order valence-electron chi connectivity index (χ2n) is 10.9. The third kappa shape index (κ3) is 7.47. The van der Waals surface area contributed by atoms with Gasteiger partial charge < -0.3 is 30.4 Å². The van der Waals surface area contributed by atoms with Crippen molar-refractivity contribution in [1.82, 2.24) is 20.5 Å². The van der Waals surface area contributed by atoms with Crippen molar-refractivity contribution in [3.63, 3.8) is 0 Å². The number of nitrogens with one attached hydrogen (secondary N) is 3. The van der Waals surface area contributed by atoms with Crippen LogP contribution in [-0.2, 0) is 25.5 Å². The van der Waals surface area contributed by atoms with E-state index in [0.29, 0.717) is 25.9 Å². The van der Waals surface area contributed by atoms with E-state index in [1.165, 1.54) is 0 Å². The van der Waals surface area contributed by atoms with Crippen LogP contribution in [0.1, 0.15) is 53.0 Å². The molecule has 37 heavy (non-hydrogen) atoms. The Hall–Kier alpha value is -3.56.